The first-order chi connectivity index (χ1) is 10.9. The maximum absolute atomic E-state index is 12.4. The maximum Gasteiger partial charge on any atom is 0.326 e. The molecular weight excluding hydrogens is 339 g/mol. The summed E-state index contributed by atoms with van der Waals surface area (Å²) in [7, 11) is -2.48. The Bertz CT molecular complexity index is 527. The van der Waals surface area contributed by atoms with Crippen LogP contribution in [0.3, 0.4) is 0 Å². The Morgan fingerprint density at radius 3 is 2.25 bits per heavy atom. The normalized spacial score (nSPS) is 18.8. The van der Waals surface area contributed by atoms with Gasteiger partial charge in [-0.1, -0.05) is 13.3 Å². The van der Waals surface area contributed by atoms with Crippen LogP contribution >= 0.6 is 7.37 Å². The van der Waals surface area contributed by atoms with E-state index >= 15 is 0 Å². The monoisotopic (exact) mass is 366 g/mol. The lowest BCUT2D eigenvalue weighted by atomic mass is 9.88. The number of likely N-dealkylation sites (N-methyl/N-ethyl adjacent to an activating group) is 1. The molecule has 8 N–H and O–H groups in total. The summed E-state index contributed by atoms with van der Waals surface area (Å²) in [6.07, 6.45) is -0.334. The van der Waals surface area contributed by atoms with Crippen molar-refractivity contribution in [3.63, 3.8) is 0 Å². The molecule has 4 atom stereocenters. The highest BCUT2D eigenvalue weighted by molar-refractivity contribution is 7.58. The number of Topliss-reactive ketones (excluding diaryl/α,β-unsaturated/α-hetero) is 1. The van der Waals surface area contributed by atoms with Gasteiger partial charge in [0.1, 0.15) is 6.04 Å². The molecule has 11 heteroatoms. The van der Waals surface area contributed by atoms with Gasteiger partial charge >= 0.3 is 5.97 Å². The SMILES string of the molecule is CCC[C@@](N)(C(=O)CNC)C(=O)NC(CP(=O)(O)C(C)N)C(=O)O. The topological polar surface area (TPSA) is 185 Å². The fraction of sp³-hybridized carbons (Fsp3) is 0.769. The lowest BCUT2D eigenvalue weighted by molar-refractivity contribution is -0.144. The van der Waals surface area contributed by atoms with Crippen LogP contribution in [0.2, 0.25) is 0 Å². The standard InChI is InChI=1S/C13H27N4O6P/c1-4-5-13(15,10(18)6-16-3)12(21)17-9(11(19)20)7-24(22,23)8(2)14/h8-9,16H,4-7,14-15H2,1-3H3,(H,17,21)(H,19,20)(H,22,23)/t8?,9?,13-/m1/s1. The van der Waals surface area contributed by atoms with Crippen LogP contribution in [0.15, 0.2) is 0 Å². The Morgan fingerprint density at radius 2 is 1.88 bits per heavy atom. The minimum Gasteiger partial charge on any atom is -0.480 e. The van der Waals surface area contributed by atoms with Crippen LogP contribution in [-0.4, -0.2) is 64.8 Å². The third-order valence-electron chi connectivity index (χ3n) is 3.57. The number of carboxylic acids is 1. The second-order valence-electron chi connectivity index (χ2n) is 5.72. The van der Waals surface area contributed by atoms with Gasteiger partial charge in [-0.05, 0) is 20.4 Å². The van der Waals surface area contributed by atoms with Gasteiger partial charge in [0.2, 0.25) is 13.3 Å². The number of ketones is 1. The summed E-state index contributed by atoms with van der Waals surface area (Å²) in [5.74, 6) is -4.27. The molecule has 0 aliphatic rings. The molecule has 0 rings (SSSR count). The number of rotatable bonds is 11. The van der Waals surface area contributed by atoms with Crippen molar-refractivity contribution in [3.8, 4) is 0 Å². The van der Waals surface area contributed by atoms with Crippen LogP contribution in [0.5, 0.6) is 0 Å². The average molecular weight is 366 g/mol. The molecule has 0 aromatic carbocycles. The molecule has 0 aliphatic heterocycles. The molecule has 0 saturated carbocycles. The molecule has 0 aromatic heterocycles. The summed E-state index contributed by atoms with van der Waals surface area (Å²) in [5, 5.41) is 13.9. The first-order valence-electron chi connectivity index (χ1n) is 7.50. The van der Waals surface area contributed by atoms with Gasteiger partial charge in [0.05, 0.1) is 18.5 Å². The number of hydrogen-bond acceptors (Lipinski definition) is 7. The summed E-state index contributed by atoms with van der Waals surface area (Å²) < 4.78 is 11.9. The summed E-state index contributed by atoms with van der Waals surface area (Å²) in [5.41, 5.74) is 9.35. The number of carbonyl (C=O) groups is 3. The van der Waals surface area contributed by atoms with Gasteiger partial charge in [-0.25, -0.2) is 4.79 Å². The highest BCUT2D eigenvalue weighted by Crippen LogP contribution is 2.44. The second-order valence-corrected chi connectivity index (χ2v) is 8.41. The number of nitrogens with one attached hydrogen (secondary N) is 2. The average Bonchev–Trinajstić information content (AvgIpc) is 2.46. The van der Waals surface area contributed by atoms with E-state index in [0.717, 1.165) is 0 Å². The number of hydrogen-bond donors (Lipinski definition) is 6. The molecule has 3 unspecified atom stereocenters. The predicted molar refractivity (Wildman–Crippen MR) is 88.7 cm³/mol. The fourth-order valence-electron chi connectivity index (χ4n) is 1.99. The van der Waals surface area contributed by atoms with Gasteiger partial charge in [0.25, 0.3) is 0 Å². The minimum atomic E-state index is -3.99. The van der Waals surface area contributed by atoms with Gasteiger partial charge < -0.3 is 32.1 Å². The largest absolute Gasteiger partial charge is 0.480 e. The Hall–Kier alpha value is -1.32. The van der Waals surface area contributed by atoms with Gasteiger partial charge in [0.15, 0.2) is 11.3 Å². The first-order valence-corrected chi connectivity index (χ1v) is 9.41. The zero-order valence-electron chi connectivity index (χ0n) is 14.1. The number of carboxylic acid groups (broad SMARTS) is 1. The number of nitrogens with two attached hydrogens (primary N) is 2. The highest BCUT2D eigenvalue weighted by atomic mass is 31.2. The molecule has 24 heavy (non-hydrogen) atoms. The zero-order valence-corrected chi connectivity index (χ0v) is 15.0. The summed E-state index contributed by atoms with van der Waals surface area (Å²) in [4.78, 5) is 45.5. The van der Waals surface area contributed by atoms with Crippen molar-refractivity contribution >= 4 is 25.0 Å². The van der Waals surface area contributed by atoms with Crippen LogP contribution in [0.25, 0.3) is 0 Å². The van der Waals surface area contributed by atoms with Gasteiger partial charge in [0, 0.05) is 0 Å². The van der Waals surface area contributed by atoms with Crippen molar-refractivity contribution in [3.05, 3.63) is 0 Å². The quantitative estimate of drug-likeness (QED) is 0.185. The van der Waals surface area contributed by atoms with E-state index in [0.29, 0.717) is 6.42 Å². The van der Waals surface area contributed by atoms with Crippen molar-refractivity contribution in [1.29, 1.82) is 0 Å². The fourth-order valence-corrected chi connectivity index (χ4v) is 3.10. The highest BCUT2D eigenvalue weighted by Gasteiger charge is 2.43. The molecule has 140 valence electrons. The summed E-state index contributed by atoms with van der Waals surface area (Å²) >= 11 is 0. The molecule has 0 aliphatic carbocycles. The summed E-state index contributed by atoms with van der Waals surface area (Å²) in [6, 6.07) is -1.68. The van der Waals surface area contributed by atoms with Crippen LogP contribution in [0, 0.1) is 0 Å². The van der Waals surface area contributed by atoms with E-state index in [1.807, 2.05) is 0 Å². The Balaban J connectivity index is 5.39. The van der Waals surface area contributed by atoms with Gasteiger partial charge in [-0.2, -0.15) is 0 Å². The lowest BCUT2D eigenvalue weighted by Gasteiger charge is -2.29. The van der Waals surface area contributed by atoms with E-state index in [2.05, 4.69) is 10.6 Å². The van der Waals surface area contributed by atoms with Gasteiger partial charge in [-0.3, -0.25) is 14.2 Å². The Morgan fingerprint density at radius 1 is 1.33 bits per heavy atom. The third-order valence-corrected chi connectivity index (χ3v) is 5.73. The lowest BCUT2D eigenvalue weighted by Crippen LogP contribution is -2.63. The minimum absolute atomic E-state index is 0.00969. The van der Waals surface area contributed by atoms with E-state index in [1.54, 1.807) is 6.92 Å². The van der Waals surface area contributed by atoms with E-state index in [-0.39, 0.29) is 13.0 Å². The predicted octanol–water partition coefficient (Wildman–Crippen LogP) is -1.58. The van der Waals surface area contributed by atoms with Crippen molar-refractivity contribution in [2.45, 2.75) is 44.1 Å². The van der Waals surface area contributed by atoms with Gasteiger partial charge in [-0.15, -0.1) is 0 Å². The van der Waals surface area contributed by atoms with Crippen LogP contribution < -0.4 is 22.1 Å². The number of carbonyl (C=O) groups excluding carboxylic acids is 2. The molecule has 0 spiro atoms. The summed E-state index contributed by atoms with van der Waals surface area (Å²) in [6.45, 7) is 2.82. The molecule has 0 fully saturated rings. The molecule has 1 amide bonds. The molecule has 10 nitrogen and oxygen atoms in total. The Kier molecular flexibility index (Phi) is 8.73. The zero-order chi connectivity index (χ0) is 19.1. The van der Waals surface area contributed by atoms with Crippen molar-refractivity contribution in [2.24, 2.45) is 11.5 Å². The van der Waals surface area contributed by atoms with E-state index in [1.165, 1.54) is 14.0 Å². The van der Waals surface area contributed by atoms with Crippen molar-refractivity contribution in [1.82, 2.24) is 10.6 Å². The molecule has 0 saturated heterocycles. The van der Waals surface area contributed by atoms with Crippen molar-refractivity contribution in [2.75, 3.05) is 19.8 Å². The Labute approximate surface area is 140 Å². The molecule has 0 radical (unpaired) electrons. The van der Waals surface area contributed by atoms with E-state index in [9.17, 15) is 28.9 Å². The molecule has 0 bridgehead atoms. The molecule has 0 heterocycles. The second kappa shape index (κ2) is 9.24. The number of amides is 1. The maximum atomic E-state index is 12.4. The van der Waals surface area contributed by atoms with E-state index < -0.39 is 48.6 Å². The first kappa shape index (κ1) is 22.7. The molecular formula is C13H27N4O6P. The van der Waals surface area contributed by atoms with Crippen LogP contribution in [0.4, 0.5) is 0 Å². The smallest absolute Gasteiger partial charge is 0.326 e. The number of aliphatic carboxylic acids is 1. The van der Waals surface area contributed by atoms with Crippen LogP contribution in [-0.2, 0) is 18.9 Å². The molecule has 0 aromatic rings. The van der Waals surface area contributed by atoms with Crippen molar-refractivity contribution < 1.29 is 28.9 Å². The third kappa shape index (κ3) is 5.95. The van der Waals surface area contributed by atoms with E-state index in [4.69, 9.17) is 11.5 Å². The van der Waals surface area contributed by atoms with Crippen LogP contribution in [0.1, 0.15) is 26.7 Å².